The molecule has 0 saturated heterocycles. The maximum Gasteiger partial charge on any atom is 0.451 e. The van der Waals surface area contributed by atoms with Gasteiger partial charge in [0.2, 0.25) is 5.82 Å². The standard InChI is InChI=1S/C11H9F3N2S/c1-6-3-4-8-7(5-6)9(17-2)16-10(15-8)11(12,13)14/h3-5H,1-2H3. The highest BCUT2D eigenvalue weighted by molar-refractivity contribution is 7.98. The molecule has 1 heterocycles. The molecule has 0 aliphatic rings. The van der Waals surface area contributed by atoms with E-state index in [9.17, 15) is 13.2 Å². The van der Waals surface area contributed by atoms with Gasteiger partial charge in [0.1, 0.15) is 5.03 Å². The van der Waals surface area contributed by atoms with Crippen LogP contribution in [-0.2, 0) is 6.18 Å². The molecule has 6 heteroatoms. The Bertz CT molecular complexity index is 566. The zero-order valence-corrected chi connectivity index (χ0v) is 9.99. The molecule has 0 aliphatic carbocycles. The molecular weight excluding hydrogens is 249 g/mol. The van der Waals surface area contributed by atoms with Gasteiger partial charge >= 0.3 is 6.18 Å². The van der Waals surface area contributed by atoms with Gasteiger partial charge in [-0.1, -0.05) is 11.6 Å². The van der Waals surface area contributed by atoms with Gasteiger partial charge in [-0.05, 0) is 25.3 Å². The molecule has 0 amide bonds. The number of benzene rings is 1. The molecule has 2 rings (SSSR count). The van der Waals surface area contributed by atoms with Crippen molar-refractivity contribution in [2.45, 2.75) is 18.1 Å². The molecule has 0 saturated carbocycles. The summed E-state index contributed by atoms with van der Waals surface area (Å²) in [6.45, 7) is 1.88. The van der Waals surface area contributed by atoms with Crippen LogP contribution >= 0.6 is 11.8 Å². The second kappa shape index (κ2) is 4.18. The van der Waals surface area contributed by atoms with Gasteiger partial charge in [0, 0.05) is 5.39 Å². The van der Waals surface area contributed by atoms with E-state index in [2.05, 4.69) is 9.97 Å². The summed E-state index contributed by atoms with van der Waals surface area (Å²) in [5.41, 5.74) is 1.29. The first-order valence-corrected chi connectivity index (χ1v) is 6.04. The quantitative estimate of drug-likeness (QED) is 0.576. The van der Waals surface area contributed by atoms with Crippen LogP contribution in [0.4, 0.5) is 13.2 Å². The Morgan fingerprint density at radius 3 is 2.47 bits per heavy atom. The minimum atomic E-state index is -4.51. The third kappa shape index (κ3) is 2.36. The van der Waals surface area contributed by atoms with Gasteiger partial charge in [0.25, 0.3) is 0 Å². The Morgan fingerprint density at radius 1 is 1.18 bits per heavy atom. The third-order valence-corrected chi connectivity index (χ3v) is 2.96. The summed E-state index contributed by atoms with van der Waals surface area (Å²) in [5.74, 6) is -1.08. The van der Waals surface area contributed by atoms with Crippen molar-refractivity contribution in [2.24, 2.45) is 0 Å². The van der Waals surface area contributed by atoms with Crippen molar-refractivity contribution >= 4 is 22.7 Å². The number of nitrogens with zero attached hydrogens (tertiary/aromatic N) is 2. The highest BCUT2D eigenvalue weighted by atomic mass is 32.2. The number of rotatable bonds is 1. The lowest BCUT2D eigenvalue weighted by Crippen LogP contribution is -2.11. The average molecular weight is 258 g/mol. The van der Waals surface area contributed by atoms with Crippen LogP contribution in [0.5, 0.6) is 0 Å². The van der Waals surface area contributed by atoms with Gasteiger partial charge in [-0.15, -0.1) is 11.8 Å². The van der Waals surface area contributed by atoms with Gasteiger partial charge in [-0.2, -0.15) is 13.2 Å². The predicted molar refractivity (Wildman–Crippen MR) is 61.1 cm³/mol. The Balaban J connectivity index is 2.75. The van der Waals surface area contributed by atoms with E-state index in [1.54, 1.807) is 24.5 Å². The van der Waals surface area contributed by atoms with Crippen LogP contribution in [0.2, 0.25) is 0 Å². The summed E-state index contributed by atoms with van der Waals surface area (Å²) in [4.78, 5) is 7.11. The molecule has 17 heavy (non-hydrogen) atoms. The van der Waals surface area contributed by atoms with Crippen LogP contribution in [0, 0.1) is 6.92 Å². The predicted octanol–water partition coefficient (Wildman–Crippen LogP) is 3.68. The molecule has 0 spiro atoms. The lowest BCUT2D eigenvalue weighted by molar-refractivity contribution is -0.145. The first kappa shape index (κ1) is 12.2. The topological polar surface area (TPSA) is 25.8 Å². The van der Waals surface area contributed by atoms with Crippen molar-refractivity contribution in [3.63, 3.8) is 0 Å². The summed E-state index contributed by atoms with van der Waals surface area (Å²) in [7, 11) is 0. The molecule has 0 bridgehead atoms. The van der Waals surface area contributed by atoms with Crippen molar-refractivity contribution < 1.29 is 13.2 Å². The van der Waals surface area contributed by atoms with Gasteiger partial charge in [0.15, 0.2) is 0 Å². The van der Waals surface area contributed by atoms with E-state index in [1.807, 2.05) is 6.92 Å². The van der Waals surface area contributed by atoms with Crippen molar-refractivity contribution in [3.8, 4) is 0 Å². The number of thioether (sulfide) groups is 1. The van der Waals surface area contributed by atoms with Crippen molar-refractivity contribution in [1.29, 1.82) is 0 Å². The van der Waals surface area contributed by atoms with Gasteiger partial charge < -0.3 is 0 Å². The van der Waals surface area contributed by atoms with Crippen molar-refractivity contribution in [3.05, 3.63) is 29.6 Å². The Hall–Kier alpha value is -1.30. The minimum Gasteiger partial charge on any atom is -0.224 e. The molecular formula is C11H9F3N2S. The molecule has 0 atom stereocenters. The number of aryl methyl sites for hydroxylation is 1. The van der Waals surface area contributed by atoms with Crippen LogP contribution in [-0.4, -0.2) is 16.2 Å². The summed E-state index contributed by atoms with van der Waals surface area (Å²) in [6, 6.07) is 5.11. The number of aromatic nitrogens is 2. The fraction of sp³-hybridized carbons (Fsp3) is 0.273. The van der Waals surface area contributed by atoms with E-state index in [1.165, 1.54) is 11.8 Å². The Kier molecular flexibility index (Phi) is 2.99. The summed E-state index contributed by atoms with van der Waals surface area (Å²) >= 11 is 1.19. The fourth-order valence-corrected chi connectivity index (χ4v) is 2.06. The summed E-state index contributed by atoms with van der Waals surface area (Å²) in [5, 5.41) is 1.01. The van der Waals surface area contributed by atoms with E-state index in [0.717, 1.165) is 5.56 Å². The Morgan fingerprint density at radius 2 is 1.88 bits per heavy atom. The molecule has 1 aromatic carbocycles. The minimum absolute atomic E-state index is 0.322. The molecule has 90 valence electrons. The third-order valence-electron chi connectivity index (χ3n) is 2.26. The highest BCUT2D eigenvalue weighted by Gasteiger charge is 2.35. The van der Waals surface area contributed by atoms with E-state index in [-0.39, 0.29) is 0 Å². The molecule has 0 unspecified atom stereocenters. The number of halogens is 3. The summed E-state index contributed by atoms with van der Waals surface area (Å²) in [6.07, 6.45) is -2.81. The van der Waals surface area contributed by atoms with E-state index in [0.29, 0.717) is 15.9 Å². The van der Waals surface area contributed by atoms with Crippen LogP contribution in [0.25, 0.3) is 10.9 Å². The van der Waals surface area contributed by atoms with Crippen LogP contribution in [0.3, 0.4) is 0 Å². The number of fused-ring (bicyclic) bond motifs is 1. The average Bonchev–Trinajstić information content (AvgIpc) is 2.26. The second-order valence-corrected chi connectivity index (χ2v) is 4.37. The maximum atomic E-state index is 12.6. The number of hydrogen-bond acceptors (Lipinski definition) is 3. The summed E-state index contributed by atoms with van der Waals surface area (Å²) < 4.78 is 37.7. The number of hydrogen-bond donors (Lipinski definition) is 0. The molecule has 0 radical (unpaired) electrons. The first-order chi connectivity index (χ1) is 7.91. The molecule has 1 aromatic heterocycles. The largest absolute Gasteiger partial charge is 0.451 e. The molecule has 0 N–H and O–H groups in total. The molecule has 2 aromatic rings. The zero-order chi connectivity index (χ0) is 12.6. The van der Waals surface area contributed by atoms with Crippen LogP contribution < -0.4 is 0 Å². The lowest BCUT2D eigenvalue weighted by Gasteiger charge is -2.09. The van der Waals surface area contributed by atoms with Crippen molar-refractivity contribution in [2.75, 3.05) is 6.26 Å². The first-order valence-electron chi connectivity index (χ1n) is 4.81. The molecule has 2 nitrogen and oxygen atoms in total. The van der Waals surface area contributed by atoms with Crippen LogP contribution in [0.15, 0.2) is 23.2 Å². The molecule has 0 aliphatic heterocycles. The van der Waals surface area contributed by atoms with Crippen molar-refractivity contribution in [1.82, 2.24) is 9.97 Å². The smallest absolute Gasteiger partial charge is 0.224 e. The van der Waals surface area contributed by atoms with E-state index >= 15 is 0 Å². The highest BCUT2D eigenvalue weighted by Crippen LogP contribution is 2.31. The maximum absolute atomic E-state index is 12.6. The lowest BCUT2D eigenvalue weighted by atomic mass is 10.2. The fourth-order valence-electron chi connectivity index (χ4n) is 1.50. The monoisotopic (exact) mass is 258 g/mol. The normalized spacial score (nSPS) is 12.1. The van der Waals surface area contributed by atoms with Gasteiger partial charge in [0.05, 0.1) is 5.52 Å². The Labute approximate surface area is 100 Å². The second-order valence-electron chi connectivity index (χ2n) is 3.57. The van der Waals surface area contributed by atoms with Crippen LogP contribution in [0.1, 0.15) is 11.4 Å². The van der Waals surface area contributed by atoms with Gasteiger partial charge in [-0.3, -0.25) is 0 Å². The van der Waals surface area contributed by atoms with E-state index < -0.39 is 12.0 Å². The van der Waals surface area contributed by atoms with Gasteiger partial charge in [-0.25, -0.2) is 9.97 Å². The molecule has 0 fully saturated rings. The number of alkyl halides is 3. The van der Waals surface area contributed by atoms with E-state index in [4.69, 9.17) is 0 Å². The SMILES string of the molecule is CSc1nc(C(F)(F)F)nc2ccc(C)cc12. The zero-order valence-electron chi connectivity index (χ0n) is 9.17.